The van der Waals surface area contributed by atoms with Crippen molar-refractivity contribution >= 4 is 15.9 Å². The summed E-state index contributed by atoms with van der Waals surface area (Å²) >= 11 is 0. The van der Waals surface area contributed by atoms with E-state index in [4.69, 9.17) is 9.88 Å². The SMILES string of the molecule is COCCN(C(=O)c1n[nH]c(C)c1S(N)(=O)=O)C1CC1. The van der Waals surface area contributed by atoms with Crippen LogP contribution in [-0.2, 0) is 14.8 Å². The summed E-state index contributed by atoms with van der Waals surface area (Å²) in [5.74, 6) is -0.432. The molecule has 0 atom stereocenters. The summed E-state index contributed by atoms with van der Waals surface area (Å²) in [5, 5.41) is 11.5. The van der Waals surface area contributed by atoms with Crippen LogP contribution in [-0.4, -0.2) is 55.7 Å². The van der Waals surface area contributed by atoms with Gasteiger partial charge in [0.2, 0.25) is 10.0 Å². The molecule has 2 rings (SSSR count). The lowest BCUT2D eigenvalue weighted by Gasteiger charge is -2.21. The Labute approximate surface area is 117 Å². The summed E-state index contributed by atoms with van der Waals surface area (Å²) in [5.41, 5.74) is 0.117. The van der Waals surface area contributed by atoms with Gasteiger partial charge in [-0.25, -0.2) is 13.6 Å². The number of aromatic amines is 1. The third-order valence-corrected chi connectivity index (χ3v) is 4.23. The Bertz CT molecular complexity index is 606. The molecule has 8 nitrogen and oxygen atoms in total. The van der Waals surface area contributed by atoms with Gasteiger partial charge in [0.05, 0.1) is 12.3 Å². The average molecular weight is 302 g/mol. The van der Waals surface area contributed by atoms with Crippen LogP contribution in [0, 0.1) is 6.92 Å². The van der Waals surface area contributed by atoms with Gasteiger partial charge in [-0.05, 0) is 19.8 Å². The van der Waals surface area contributed by atoms with Crippen LogP contribution in [0.1, 0.15) is 29.0 Å². The molecule has 0 aliphatic heterocycles. The third-order valence-electron chi connectivity index (χ3n) is 3.16. The summed E-state index contributed by atoms with van der Waals surface area (Å²) in [6.07, 6.45) is 1.81. The summed E-state index contributed by atoms with van der Waals surface area (Å²) in [4.78, 5) is 13.8. The number of nitrogens with two attached hydrogens (primary N) is 1. The molecule has 0 unspecified atom stereocenters. The van der Waals surface area contributed by atoms with Gasteiger partial charge in [0.1, 0.15) is 4.90 Å². The maximum Gasteiger partial charge on any atom is 0.276 e. The Morgan fingerprint density at radius 3 is 2.70 bits per heavy atom. The highest BCUT2D eigenvalue weighted by atomic mass is 32.2. The number of nitrogens with one attached hydrogen (secondary N) is 1. The molecule has 9 heteroatoms. The van der Waals surface area contributed by atoms with Crippen molar-refractivity contribution in [1.29, 1.82) is 0 Å². The van der Waals surface area contributed by atoms with E-state index in [1.54, 1.807) is 12.0 Å². The second-order valence-corrected chi connectivity index (χ2v) is 6.29. The van der Waals surface area contributed by atoms with Crippen molar-refractivity contribution in [3.63, 3.8) is 0 Å². The highest BCUT2D eigenvalue weighted by molar-refractivity contribution is 7.89. The van der Waals surface area contributed by atoms with E-state index in [0.29, 0.717) is 13.2 Å². The number of sulfonamides is 1. The van der Waals surface area contributed by atoms with Crippen LogP contribution >= 0.6 is 0 Å². The minimum absolute atomic E-state index is 0.128. The molecule has 0 radical (unpaired) electrons. The molecule has 1 aromatic rings. The zero-order valence-corrected chi connectivity index (χ0v) is 12.2. The quantitative estimate of drug-likeness (QED) is 0.742. The lowest BCUT2D eigenvalue weighted by atomic mass is 10.3. The second-order valence-electron chi connectivity index (χ2n) is 4.79. The predicted octanol–water partition coefficient (Wildman–Crippen LogP) is -0.383. The standard InChI is InChI=1S/C11H18N4O4S/c1-7-10(20(12,17)18)9(14-13-7)11(16)15(5-6-19-2)8-3-4-8/h8H,3-6H2,1-2H3,(H,13,14)(H2,12,17,18). The fraction of sp³-hybridized carbons (Fsp3) is 0.636. The number of methoxy groups -OCH3 is 1. The van der Waals surface area contributed by atoms with Crippen molar-refractivity contribution in [2.45, 2.75) is 30.7 Å². The molecule has 1 saturated carbocycles. The third kappa shape index (κ3) is 3.00. The van der Waals surface area contributed by atoms with E-state index in [1.807, 2.05) is 0 Å². The number of carbonyl (C=O) groups is 1. The first-order valence-corrected chi connectivity index (χ1v) is 7.78. The molecule has 0 bridgehead atoms. The molecule has 0 saturated heterocycles. The van der Waals surface area contributed by atoms with Crippen LogP contribution in [0.2, 0.25) is 0 Å². The minimum atomic E-state index is -4.00. The zero-order chi connectivity index (χ0) is 14.9. The average Bonchev–Trinajstić information content (AvgIpc) is 3.10. The second kappa shape index (κ2) is 5.51. The molecule has 0 spiro atoms. The van der Waals surface area contributed by atoms with Gasteiger partial charge in [-0.2, -0.15) is 5.10 Å². The topological polar surface area (TPSA) is 118 Å². The van der Waals surface area contributed by atoms with Crippen molar-refractivity contribution in [1.82, 2.24) is 15.1 Å². The van der Waals surface area contributed by atoms with Crippen molar-refractivity contribution in [3.05, 3.63) is 11.4 Å². The number of aryl methyl sites for hydroxylation is 1. The fourth-order valence-electron chi connectivity index (χ4n) is 2.07. The van der Waals surface area contributed by atoms with Crippen molar-refractivity contribution < 1.29 is 17.9 Å². The van der Waals surface area contributed by atoms with E-state index in [1.165, 1.54) is 6.92 Å². The van der Waals surface area contributed by atoms with Crippen LogP contribution in [0.5, 0.6) is 0 Å². The van der Waals surface area contributed by atoms with E-state index in [0.717, 1.165) is 12.8 Å². The summed E-state index contributed by atoms with van der Waals surface area (Å²) in [6, 6.07) is 0.128. The van der Waals surface area contributed by atoms with E-state index >= 15 is 0 Å². The molecule has 112 valence electrons. The Balaban J connectivity index is 2.32. The number of H-pyrrole nitrogens is 1. The highest BCUT2D eigenvalue weighted by Gasteiger charge is 2.36. The van der Waals surface area contributed by atoms with Crippen LogP contribution < -0.4 is 5.14 Å². The molecule has 1 fully saturated rings. The van der Waals surface area contributed by atoms with E-state index < -0.39 is 15.9 Å². The Hall–Kier alpha value is -1.45. The van der Waals surface area contributed by atoms with Gasteiger partial charge in [-0.3, -0.25) is 9.89 Å². The number of aromatic nitrogens is 2. The van der Waals surface area contributed by atoms with Gasteiger partial charge in [0.25, 0.3) is 5.91 Å². The Kier molecular flexibility index (Phi) is 4.11. The molecule has 1 aliphatic carbocycles. The fourth-order valence-corrected chi connectivity index (χ4v) is 2.95. The maximum atomic E-state index is 12.5. The largest absolute Gasteiger partial charge is 0.383 e. The lowest BCUT2D eigenvalue weighted by Crippen LogP contribution is -2.37. The predicted molar refractivity (Wildman–Crippen MR) is 70.6 cm³/mol. The number of nitrogens with zero attached hydrogens (tertiary/aromatic N) is 2. The van der Waals surface area contributed by atoms with Gasteiger partial charge >= 0.3 is 0 Å². The van der Waals surface area contributed by atoms with Crippen molar-refractivity contribution in [3.8, 4) is 0 Å². The Morgan fingerprint density at radius 2 is 2.20 bits per heavy atom. The summed E-state index contributed by atoms with van der Waals surface area (Å²) in [7, 11) is -2.45. The monoisotopic (exact) mass is 302 g/mol. The van der Waals surface area contributed by atoms with Gasteiger partial charge in [0, 0.05) is 19.7 Å². The van der Waals surface area contributed by atoms with E-state index in [9.17, 15) is 13.2 Å². The lowest BCUT2D eigenvalue weighted by molar-refractivity contribution is 0.0670. The van der Waals surface area contributed by atoms with Crippen LogP contribution in [0.15, 0.2) is 4.90 Å². The molecule has 1 heterocycles. The molecule has 3 N–H and O–H groups in total. The summed E-state index contributed by atoms with van der Waals surface area (Å²) in [6.45, 7) is 2.30. The Morgan fingerprint density at radius 1 is 1.55 bits per heavy atom. The number of ether oxygens (including phenoxy) is 1. The first kappa shape index (κ1) is 14.9. The normalized spacial score (nSPS) is 15.3. The van der Waals surface area contributed by atoms with Crippen molar-refractivity contribution in [2.24, 2.45) is 5.14 Å². The first-order valence-electron chi connectivity index (χ1n) is 6.24. The smallest absolute Gasteiger partial charge is 0.276 e. The van der Waals surface area contributed by atoms with Gasteiger partial charge in [-0.1, -0.05) is 0 Å². The minimum Gasteiger partial charge on any atom is -0.383 e. The van der Waals surface area contributed by atoms with Crippen LogP contribution in [0.25, 0.3) is 0 Å². The summed E-state index contributed by atoms with van der Waals surface area (Å²) < 4.78 is 28.1. The van der Waals surface area contributed by atoms with E-state index in [2.05, 4.69) is 10.2 Å². The molecular weight excluding hydrogens is 284 g/mol. The van der Waals surface area contributed by atoms with Crippen LogP contribution in [0.3, 0.4) is 0 Å². The number of carbonyl (C=O) groups excluding carboxylic acids is 1. The maximum absolute atomic E-state index is 12.5. The molecule has 20 heavy (non-hydrogen) atoms. The number of hydrogen-bond acceptors (Lipinski definition) is 5. The molecule has 1 amide bonds. The molecular formula is C11H18N4O4S. The van der Waals surface area contributed by atoms with Crippen molar-refractivity contribution in [2.75, 3.05) is 20.3 Å². The molecule has 1 aromatic heterocycles. The number of primary sulfonamides is 1. The van der Waals surface area contributed by atoms with Gasteiger partial charge in [-0.15, -0.1) is 0 Å². The zero-order valence-electron chi connectivity index (χ0n) is 11.4. The van der Waals surface area contributed by atoms with Crippen LogP contribution in [0.4, 0.5) is 0 Å². The number of hydrogen-bond donors (Lipinski definition) is 2. The molecule has 0 aromatic carbocycles. The highest BCUT2D eigenvalue weighted by Crippen LogP contribution is 2.29. The van der Waals surface area contributed by atoms with Gasteiger partial charge < -0.3 is 9.64 Å². The van der Waals surface area contributed by atoms with Gasteiger partial charge in [0.15, 0.2) is 5.69 Å². The number of amides is 1. The molecule has 1 aliphatic rings. The number of rotatable bonds is 6. The van der Waals surface area contributed by atoms with E-state index in [-0.39, 0.29) is 22.3 Å². The first-order chi connectivity index (χ1) is 9.36.